The van der Waals surface area contributed by atoms with Crippen LogP contribution in [0, 0.1) is 0 Å². The van der Waals surface area contributed by atoms with Crippen molar-refractivity contribution < 1.29 is 24.1 Å². The van der Waals surface area contributed by atoms with Crippen molar-refractivity contribution in [2.45, 2.75) is 25.2 Å². The Balaban J connectivity index is 2.27. The average molecular weight is 324 g/mol. The molecule has 1 aromatic carbocycles. The van der Waals surface area contributed by atoms with E-state index in [1.54, 1.807) is 31.3 Å². The second-order valence-electron chi connectivity index (χ2n) is 5.45. The van der Waals surface area contributed by atoms with Crippen molar-refractivity contribution in [3.8, 4) is 11.5 Å². The van der Waals surface area contributed by atoms with Crippen LogP contribution in [-0.2, 0) is 16.1 Å². The average Bonchev–Trinajstić information content (AvgIpc) is 2.58. The monoisotopic (exact) mass is 324 g/mol. The number of nitrogens with two attached hydrogens (primary N) is 1. The highest BCUT2D eigenvalue weighted by Crippen LogP contribution is 2.39. The number of carbonyl (C=O) groups is 1. The molecule has 1 aliphatic rings. The number of methoxy groups -OCH3 is 3. The van der Waals surface area contributed by atoms with Crippen molar-refractivity contribution in [1.29, 1.82) is 0 Å². The molecule has 0 spiro atoms. The van der Waals surface area contributed by atoms with Gasteiger partial charge in [0.15, 0.2) is 0 Å². The predicted octanol–water partition coefficient (Wildman–Crippen LogP) is 0.443. The molecule has 0 saturated carbocycles. The van der Waals surface area contributed by atoms with E-state index < -0.39 is 6.10 Å². The highest BCUT2D eigenvalue weighted by atomic mass is 16.5. The van der Waals surface area contributed by atoms with E-state index >= 15 is 0 Å². The van der Waals surface area contributed by atoms with Crippen LogP contribution in [0.15, 0.2) is 12.1 Å². The van der Waals surface area contributed by atoms with Gasteiger partial charge >= 0.3 is 0 Å². The molecule has 2 rings (SSSR count). The number of aliphatic hydroxyl groups excluding tert-OH is 1. The van der Waals surface area contributed by atoms with Gasteiger partial charge < -0.3 is 30.0 Å². The molecule has 0 saturated heterocycles. The van der Waals surface area contributed by atoms with Gasteiger partial charge in [-0.15, -0.1) is 0 Å². The van der Waals surface area contributed by atoms with Gasteiger partial charge in [-0.2, -0.15) is 0 Å². The Labute approximate surface area is 135 Å². The SMILES string of the molecule is COc1ccc(OC)c2c1CN(C(=O)CC(CN)OC)CC2O. The molecule has 1 amide bonds. The summed E-state index contributed by atoms with van der Waals surface area (Å²) in [4.78, 5) is 14.0. The second-order valence-corrected chi connectivity index (χ2v) is 5.45. The summed E-state index contributed by atoms with van der Waals surface area (Å²) < 4.78 is 15.8. The minimum Gasteiger partial charge on any atom is -0.496 e. The van der Waals surface area contributed by atoms with Crippen molar-refractivity contribution in [2.24, 2.45) is 5.73 Å². The fourth-order valence-electron chi connectivity index (χ4n) is 2.85. The van der Waals surface area contributed by atoms with E-state index in [0.29, 0.717) is 23.6 Å². The van der Waals surface area contributed by atoms with E-state index in [9.17, 15) is 9.90 Å². The summed E-state index contributed by atoms with van der Waals surface area (Å²) in [6, 6.07) is 3.53. The first kappa shape index (κ1) is 17.5. The summed E-state index contributed by atoms with van der Waals surface area (Å²) in [5, 5.41) is 10.5. The molecular formula is C16H24N2O5. The molecular weight excluding hydrogens is 300 g/mol. The van der Waals surface area contributed by atoms with E-state index in [2.05, 4.69) is 0 Å². The van der Waals surface area contributed by atoms with Crippen LogP contribution in [0.2, 0.25) is 0 Å². The van der Waals surface area contributed by atoms with Gasteiger partial charge in [0.1, 0.15) is 17.6 Å². The van der Waals surface area contributed by atoms with E-state index in [0.717, 1.165) is 5.56 Å². The fraction of sp³-hybridized carbons (Fsp3) is 0.562. The molecule has 1 aliphatic heterocycles. The van der Waals surface area contributed by atoms with Crippen molar-refractivity contribution in [3.63, 3.8) is 0 Å². The van der Waals surface area contributed by atoms with E-state index in [1.165, 1.54) is 7.11 Å². The topological polar surface area (TPSA) is 94.3 Å². The molecule has 128 valence electrons. The number of ether oxygens (including phenoxy) is 3. The molecule has 1 heterocycles. The van der Waals surface area contributed by atoms with Crippen LogP contribution < -0.4 is 15.2 Å². The standard InChI is InChI=1S/C16H24N2O5/c1-21-10(7-17)6-15(20)18-8-11-13(22-2)4-5-14(23-3)16(11)12(19)9-18/h4-5,10,12,19H,6-9,17H2,1-3H3. The number of β-amino-alcohol motifs (C(OH)–C–C–N with tert-alkyl or cyclic N) is 1. The van der Waals surface area contributed by atoms with Gasteiger partial charge in [-0.1, -0.05) is 0 Å². The van der Waals surface area contributed by atoms with Crippen molar-refractivity contribution >= 4 is 5.91 Å². The summed E-state index contributed by atoms with van der Waals surface area (Å²) in [5.41, 5.74) is 7.01. The number of aliphatic hydroxyl groups is 1. The van der Waals surface area contributed by atoms with Crippen molar-refractivity contribution in [1.82, 2.24) is 4.90 Å². The van der Waals surface area contributed by atoms with Gasteiger partial charge in [0.2, 0.25) is 5.91 Å². The Hall–Kier alpha value is -1.83. The molecule has 3 N–H and O–H groups in total. The Morgan fingerprint density at radius 1 is 1.35 bits per heavy atom. The van der Waals surface area contributed by atoms with Crippen molar-refractivity contribution in [3.05, 3.63) is 23.3 Å². The van der Waals surface area contributed by atoms with Gasteiger partial charge in [-0.25, -0.2) is 0 Å². The zero-order chi connectivity index (χ0) is 17.0. The normalized spacial score (nSPS) is 18.3. The largest absolute Gasteiger partial charge is 0.496 e. The van der Waals surface area contributed by atoms with Crippen LogP contribution in [0.3, 0.4) is 0 Å². The molecule has 2 atom stereocenters. The number of nitrogens with zero attached hydrogens (tertiary/aromatic N) is 1. The molecule has 23 heavy (non-hydrogen) atoms. The second kappa shape index (κ2) is 7.63. The van der Waals surface area contributed by atoms with Gasteiger partial charge in [-0.3, -0.25) is 4.79 Å². The smallest absolute Gasteiger partial charge is 0.225 e. The molecule has 7 heteroatoms. The zero-order valence-corrected chi connectivity index (χ0v) is 13.7. The lowest BCUT2D eigenvalue weighted by molar-refractivity contribution is -0.136. The lowest BCUT2D eigenvalue weighted by Crippen LogP contribution is -2.41. The maximum Gasteiger partial charge on any atom is 0.225 e. The molecule has 7 nitrogen and oxygen atoms in total. The number of benzene rings is 1. The number of amides is 1. The lowest BCUT2D eigenvalue weighted by Gasteiger charge is -2.34. The minimum absolute atomic E-state index is 0.114. The molecule has 0 aliphatic carbocycles. The zero-order valence-electron chi connectivity index (χ0n) is 13.7. The van der Waals surface area contributed by atoms with Crippen LogP contribution in [0.5, 0.6) is 11.5 Å². The number of rotatable bonds is 6. The Bertz CT molecular complexity index is 560. The van der Waals surface area contributed by atoms with Gasteiger partial charge in [-0.05, 0) is 12.1 Å². The first-order valence-electron chi connectivity index (χ1n) is 7.48. The number of fused-ring (bicyclic) bond motifs is 1. The summed E-state index contributed by atoms with van der Waals surface area (Å²) in [5.74, 6) is 1.11. The Kier molecular flexibility index (Phi) is 5.81. The maximum atomic E-state index is 12.4. The van der Waals surface area contributed by atoms with Crippen LogP contribution in [0.1, 0.15) is 23.7 Å². The highest BCUT2D eigenvalue weighted by Gasteiger charge is 2.32. The van der Waals surface area contributed by atoms with Gasteiger partial charge in [0.05, 0.1) is 33.3 Å². The van der Waals surface area contributed by atoms with Crippen LogP contribution in [0.4, 0.5) is 0 Å². The van der Waals surface area contributed by atoms with E-state index in [1.807, 2.05) is 0 Å². The summed E-state index contributed by atoms with van der Waals surface area (Å²) in [6.07, 6.45) is -0.971. The predicted molar refractivity (Wildman–Crippen MR) is 84.4 cm³/mol. The van der Waals surface area contributed by atoms with Gasteiger partial charge in [0.25, 0.3) is 0 Å². The molecule has 0 bridgehead atoms. The summed E-state index contributed by atoms with van der Waals surface area (Å²) in [6.45, 7) is 0.829. The third-order valence-electron chi connectivity index (χ3n) is 4.14. The quantitative estimate of drug-likeness (QED) is 0.789. The van der Waals surface area contributed by atoms with E-state index in [-0.39, 0.29) is 31.5 Å². The fourth-order valence-corrected chi connectivity index (χ4v) is 2.85. The highest BCUT2D eigenvalue weighted by molar-refractivity contribution is 5.77. The molecule has 0 fully saturated rings. The Morgan fingerprint density at radius 2 is 2.00 bits per heavy atom. The maximum absolute atomic E-state index is 12.4. The first-order valence-corrected chi connectivity index (χ1v) is 7.48. The number of hydrogen-bond acceptors (Lipinski definition) is 6. The minimum atomic E-state index is -0.827. The number of hydrogen-bond donors (Lipinski definition) is 2. The lowest BCUT2D eigenvalue weighted by atomic mass is 9.95. The molecule has 2 unspecified atom stereocenters. The van der Waals surface area contributed by atoms with E-state index in [4.69, 9.17) is 19.9 Å². The molecule has 0 aromatic heterocycles. The summed E-state index contributed by atoms with van der Waals surface area (Å²) >= 11 is 0. The Morgan fingerprint density at radius 3 is 2.57 bits per heavy atom. The van der Waals surface area contributed by atoms with Crippen LogP contribution in [0.25, 0.3) is 0 Å². The molecule has 0 radical (unpaired) electrons. The van der Waals surface area contributed by atoms with Crippen LogP contribution in [-0.4, -0.2) is 56.4 Å². The third kappa shape index (κ3) is 3.57. The van der Waals surface area contributed by atoms with Crippen LogP contribution >= 0.6 is 0 Å². The summed E-state index contributed by atoms with van der Waals surface area (Å²) in [7, 11) is 4.64. The van der Waals surface area contributed by atoms with Gasteiger partial charge in [0, 0.05) is 31.3 Å². The molecule has 1 aromatic rings. The third-order valence-corrected chi connectivity index (χ3v) is 4.14. The number of carbonyl (C=O) groups excluding carboxylic acids is 1. The first-order chi connectivity index (χ1) is 11.0. The van der Waals surface area contributed by atoms with Crippen molar-refractivity contribution in [2.75, 3.05) is 34.4 Å².